The van der Waals surface area contributed by atoms with Crippen LogP contribution in [0.2, 0.25) is 5.02 Å². The van der Waals surface area contributed by atoms with E-state index in [-0.39, 0.29) is 5.75 Å². The number of phenolic OH excluding ortho intramolecular Hbond substituents is 1. The fourth-order valence-corrected chi connectivity index (χ4v) is 1.61. The topological polar surface area (TPSA) is 44.7 Å². The van der Waals surface area contributed by atoms with E-state index in [1.165, 1.54) is 0 Å². The molecule has 0 saturated heterocycles. The minimum atomic E-state index is 0.264. The molecule has 2 N–H and O–H groups in total. The van der Waals surface area contributed by atoms with Gasteiger partial charge in [-0.15, -0.1) is 0 Å². The zero-order chi connectivity index (χ0) is 13.4. The second kappa shape index (κ2) is 8.32. The van der Waals surface area contributed by atoms with Gasteiger partial charge in [-0.1, -0.05) is 11.6 Å². The number of nitrogens with zero attached hydrogens (tertiary/aromatic N) is 1. The molecule has 0 saturated carbocycles. The van der Waals surface area contributed by atoms with Crippen molar-refractivity contribution < 1.29 is 9.84 Å². The van der Waals surface area contributed by atoms with Gasteiger partial charge >= 0.3 is 0 Å². The maximum atomic E-state index is 9.60. The average molecular weight is 273 g/mol. The van der Waals surface area contributed by atoms with E-state index in [0.717, 1.165) is 25.3 Å². The van der Waals surface area contributed by atoms with Crippen LogP contribution in [0, 0.1) is 0 Å². The summed E-state index contributed by atoms with van der Waals surface area (Å²) >= 11 is 5.86. The van der Waals surface area contributed by atoms with Gasteiger partial charge in [0.15, 0.2) is 0 Å². The molecule has 1 rings (SSSR count). The number of rotatable bonds is 8. The highest BCUT2D eigenvalue weighted by Crippen LogP contribution is 2.20. The predicted molar refractivity (Wildman–Crippen MR) is 74.2 cm³/mol. The van der Waals surface area contributed by atoms with Crippen molar-refractivity contribution in [2.45, 2.75) is 6.54 Å². The van der Waals surface area contributed by atoms with Gasteiger partial charge in [0.25, 0.3) is 0 Å². The summed E-state index contributed by atoms with van der Waals surface area (Å²) in [5, 5.41) is 13.4. The van der Waals surface area contributed by atoms with Gasteiger partial charge < -0.3 is 20.1 Å². The number of ether oxygens (including phenoxy) is 1. The zero-order valence-corrected chi connectivity index (χ0v) is 11.7. The Morgan fingerprint density at radius 1 is 1.33 bits per heavy atom. The summed E-state index contributed by atoms with van der Waals surface area (Å²) in [5.74, 6) is 0.264. The van der Waals surface area contributed by atoms with E-state index in [1.54, 1.807) is 18.2 Å². The Bertz CT molecular complexity index is 359. The molecule has 0 atom stereocenters. The molecule has 0 heterocycles. The number of aromatic hydroxyl groups is 1. The third-order valence-electron chi connectivity index (χ3n) is 2.46. The normalized spacial score (nSPS) is 11.1. The van der Waals surface area contributed by atoms with Gasteiger partial charge in [-0.3, -0.25) is 0 Å². The van der Waals surface area contributed by atoms with Crippen molar-refractivity contribution in [2.75, 3.05) is 40.4 Å². The molecule has 0 aliphatic carbocycles. The van der Waals surface area contributed by atoms with E-state index in [1.807, 2.05) is 14.1 Å². The van der Waals surface area contributed by atoms with Crippen LogP contribution in [-0.2, 0) is 11.3 Å². The molecule has 0 radical (unpaired) electrons. The van der Waals surface area contributed by atoms with E-state index in [2.05, 4.69) is 10.2 Å². The smallest absolute Gasteiger partial charge is 0.120 e. The first-order valence-corrected chi connectivity index (χ1v) is 6.38. The molecule has 18 heavy (non-hydrogen) atoms. The third kappa shape index (κ3) is 6.21. The minimum absolute atomic E-state index is 0.264. The molecule has 0 bridgehead atoms. The molecule has 0 spiro atoms. The summed E-state index contributed by atoms with van der Waals surface area (Å²) in [6.45, 7) is 3.66. The van der Waals surface area contributed by atoms with Crippen molar-refractivity contribution in [1.29, 1.82) is 0 Å². The average Bonchev–Trinajstić information content (AvgIpc) is 2.32. The van der Waals surface area contributed by atoms with Crippen molar-refractivity contribution in [1.82, 2.24) is 10.2 Å². The molecule has 0 unspecified atom stereocenters. The van der Waals surface area contributed by atoms with E-state index < -0.39 is 0 Å². The maximum Gasteiger partial charge on any atom is 0.120 e. The maximum absolute atomic E-state index is 9.60. The lowest BCUT2D eigenvalue weighted by Gasteiger charge is -2.10. The minimum Gasteiger partial charge on any atom is -0.508 e. The van der Waals surface area contributed by atoms with Gasteiger partial charge in [-0.25, -0.2) is 0 Å². The summed E-state index contributed by atoms with van der Waals surface area (Å²) in [6.07, 6.45) is 0. The second-order valence-corrected chi connectivity index (χ2v) is 4.80. The molecule has 1 aromatic rings. The Morgan fingerprint density at radius 3 is 2.83 bits per heavy atom. The number of benzene rings is 1. The predicted octanol–water partition coefficient (Wildman–Crippen LogP) is 1.71. The van der Waals surface area contributed by atoms with Crippen LogP contribution in [0.25, 0.3) is 0 Å². The Hall–Kier alpha value is -0.810. The van der Waals surface area contributed by atoms with Crippen LogP contribution in [0.5, 0.6) is 5.75 Å². The van der Waals surface area contributed by atoms with Crippen LogP contribution >= 0.6 is 11.6 Å². The van der Waals surface area contributed by atoms with E-state index in [0.29, 0.717) is 18.2 Å². The van der Waals surface area contributed by atoms with Crippen LogP contribution < -0.4 is 5.32 Å². The summed E-state index contributed by atoms with van der Waals surface area (Å²) in [7, 11) is 4.03. The van der Waals surface area contributed by atoms with Crippen LogP contribution in [-0.4, -0.2) is 50.4 Å². The Morgan fingerprint density at radius 2 is 2.11 bits per heavy atom. The van der Waals surface area contributed by atoms with Crippen LogP contribution in [0.15, 0.2) is 18.2 Å². The van der Waals surface area contributed by atoms with Gasteiger partial charge in [0.2, 0.25) is 0 Å². The molecule has 0 aliphatic rings. The van der Waals surface area contributed by atoms with E-state index in [4.69, 9.17) is 16.3 Å². The molecule has 5 heteroatoms. The first kappa shape index (κ1) is 15.2. The molecule has 0 aliphatic heterocycles. The van der Waals surface area contributed by atoms with Gasteiger partial charge in [-0.2, -0.15) is 0 Å². The summed E-state index contributed by atoms with van der Waals surface area (Å²) in [6, 6.07) is 5.04. The van der Waals surface area contributed by atoms with Gasteiger partial charge in [-0.05, 0) is 32.3 Å². The first-order valence-electron chi connectivity index (χ1n) is 6.00. The highest BCUT2D eigenvalue weighted by Gasteiger charge is 2.01. The molecule has 1 aromatic carbocycles. The van der Waals surface area contributed by atoms with Gasteiger partial charge in [0, 0.05) is 30.2 Å². The SMILES string of the molecule is CN(C)CCOCCNCc1cc(Cl)ccc1O. The lowest BCUT2D eigenvalue weighted by Crippen LogP contribution is -2.23. The second-order valence-electron chi connectivity index (χ2n) is 4.37. The highest BCUT2D eigenvalue weighted by atomic mass is 35.5. The molecular formula is C13H21ClN2O2. The highest BCUT2D eigenvalue weighted by molar-refractivity contribution is 6.30. The van der Waals surface area contributed by atoms with Crippen molar-refractivity contribution in [3.8, 4) is 5.75 Å². The Balaban J connectivity index is 2.12. The largest absolute Gasteiger partial charge is 0.508 e. The van der Waals surface area contributed by atoms with Crippen molar-refractivity contribution in [3.05, 3.63) is 28.8 Å². The molecular weight excluding hydrogens is 252 g/mol. The van der Waals surface area contributed by atoms with Crippen molar-refractivity contribution >= 4 is 11.6 Å². The standard InChI is InChI=1S/C13H21ClN2O2/c1-16(2)6-8-18-7-5-15-10-11-9-12(14)3-4-13(11)17/h3-4,9,15,17H,5-8,10H2,1-2H3. The number of phenols is 1. The third-order valence-corrected chi connectivity index (χ3v) is 2.70. The lowest BCUT2D eigenvalue weighted by atomic mass is 10.2. The molecule has 102 valence electrons. The quantitative estimate of drug-likeness (QED) is 0.708. The summed E-state index contributed by atoms with van der Waals surface area (Å²) in [5.41, 5.74) is 0.802. The monoisotopic (exact) mass is 272 g/mol. The molecule has 4 nitrogen and oxygen atoms in total. The summed E-state index contributed by atoms with van der Waals surface area (Å²) < 4.78 is 5.44. The van der Waals surface area contributed by atoms with Gasteiger partial charge in [0.1, 0.15) is 5.75 Å². The molecule has 0 fully saturated rings. The van der Waals surface area contributed by atoms with Crippen LogP contribution in [0.3, 0.4) is 0 Å². The lowest BCUT2D eigenvalue weighted by molar-refractivity contribution is 0.119. The van der Waals surface area contributed by atoms with Crippen LogP contribution in [0.4, 0.5) is 0 Å². The first-order chi connectivity index (χ1) is 8.59. The Kier molecular flexibility index (Phi) is 7.05. The van der Waals surface area contributed by atoms with Gasteiger partial charge in [0.05, 0.1) is 13.2 Å². The van der Waals surface area contributed by atoms with Crippen LogP contribution in [0.1, 0.15) is 5.56 Å². The number of nitrogens with one attached hydrogen (secondary N) is 1. The number of likely N-dealkylation sites (N-methyl/N-ethyl adjacent to an activating group) is 1. The number of hydrogen-bond acceptors (Lipinski definition) is 4. The number of halogens is 1. The fraction of sp³-hybridized carbons (Fsp3) is 0.538. The molecule has 0 amide bonds. The molecule has 0 aromatic heterocycles. The Labute approximate surface area is 114 Å². The fourth-order valence-electron chi connectivity index (χ4n) is 1.41. The van der Waals surface area contributed by atoms with E-state index >= 15 is 0 Å². The summed E-state index contributed by atoms with van der Waals surface area (Å²) in [4.78, 5) is 2.08. The zero-order valence-electron chi connectivity index (χ0n) is 10.9. The number of hydrogen-bond donors (Lipinski definition) is 2. The van der Waals surface area contributed by atoms with Crippen molar-refractivity contribution in [2.24, 2.45) is 0 Å². The van der Waals surface area contributed by atoms with E-state index in [9.17, 15) is 5.11 Å². The van der Waals surface area contributed by atoms with Crippen molar-refractivity contribution in [3.63, 3.8) is 0 Å².